The average Bonchev–Trinajstić information content (AvgIpc) is 3.02. The summed E-state index contributed by atoms with van der Waals surface area (Å²) in [5.41, 5.74) is -0.204. The summed E-state index contributed by atoms with van der Waals surface area (Å²) in [6.07, 6.45) is 0.923. The number of aliphatic hydroxyl groups is 1. The van der Waals surface area contributed by atoms with Gasteiger partial charge in [0.15, 0.2) is 5.65 Å². The molecule has 1 saturated heterocycles. The molecular formula is C19H19ClN4O4. The monoisotopic (exact) mass is 402 g/mol. The van der Waals surface area contributed by atoms with Gasteiger partial charge in [-0.15, -0.1) is 0 Å². The van der Waals surface area contributed by atoms with Crippen LogP contribution in [0.2, 0.25) is 5.15 Å². The molecule has 146 valence electrons. The topological polar surface area (TPSA) is 101 Å². The Hall–Kier alpha value is -2.84. The van der Waals surface area contributed by atoms with Gasteiger partial charge >= 0.3 is 6.09 Å². The Morgan fingerprint density at radius 1 is 1.21 bits per heavy atom. The van der Waals surface area contributed by atoms with Crippen molar-refractivity contribution in [2.45, 2.75) is 25.0 Å². The van der Waals surface area contributed by atoms with E-state index < -0.39 is 11.7 Å². The Kier molecular flexibility index (Phi) is 4.60. The third-order valence-electron chi connectivity index (χ3n) is 5.18. The maximum absolute atomic E-state index is 12.9. The van der Waals surface area contributed by atoms with Crippen molar-refractivity contribution < 1.29 is 15.0 Å². The van der Waals surface area contributed by atoms with E-state index >= 15 is 0 Å². The zero-order valence-electron chi connectivity index (χ0n) is 15.0. The van der Waals surface area contributed by atoms with Crippen LogP contribution in [0.1, 0.15) is 12.8 Å². The van der Waals surface area contributed by atoms with Gasteiger partial charge in [-0.1, -0.05) is 29.8 Å². The Morgan fingerprint density at radius 3 is 2.54 bits per heavy atom. The van der Waals surface area contributed by atoms with Crippen LogP contribution in [0.15, 0.2) is 47.5 Å². The molecule has 0 radical (unpaired) electrons. The zero-order chi connectivity index (χ0) is 19.9. The molecule has 8 nitrogen and oxygen atoms in total. The first-order chi connectivity index (χ1) is 13.4. The van der Waals surface area contributed by atoms with Crippen molar-refractivity contribution in [3.05, 3.63) is 58.2 Å². The van der Waals surface area contributed by atoms with Gasteiger partial charge in [-0.25, -0.2) is 9.78 Å². The standard InChI is InChI=1S/C19H19ClN4O4/c20-15-10-14-16(24(15)13-4-2-1-3-5-13)21-12-23(17(14)25)11-19(28)6-8-22(9-7-19)18(26)27/h1-5,10,12,28H,6-9,11H2,(H,26,27). The lowest BCUT2D eigenvalue weighted by atomic mass is 9.91. The number of carbonyl (C=O) groups is 1. The molecule has 2 aromatic heterocycles. The van der Waals surface area contributed by atoms with E-state index in [4.69, 9.17) is 16.7 Å². The van der Waals surface area contributed by atoms with Crippen LogP contribution >= 0.6 is 11.6 Å². The maximum atomic E-state index is 12.9. The smallest absolute Gasteiger partial charge is 0.407 e. The molecule has 1 fully saturated rings. The molecule has 3 heterocycles. The number of amides is 1. The summed E-state index contributed by atoms with van der Waals surface area (Å²) in [5.74, 6) is 0. The van der Waals surface area contributed by atoms with Gasteiger partial charge in [0.05, 0.1) is 17.5 Å². The summed E-state index contributed by atoms with van der Waals surface area (Å²) in [6, 6.07) is 11.0. The number of carboxylic acid groups (broad SMARTS) is 1. The molecular weight excluding hydrogens is 384 g/mol. The number of piperidine rings is 1. The molecule has 0 spiro atoms. The van der Waals surface area contributed by atoms with E-state index in [1.807, 2.05) is 30.3 Å². The lowest BCUT2D eigenvalue weighted by molar-refractivity contribution is -0.0303. The minimum absolute atomic E-state index is 0.0520. The van der Waals surface area contributed by atoms with Crippen LogP contribution in [0, 0.1) is 0 Å². The van der Waals surface area contributed by atoms with Gasteiger partial charge in [-0.2, -0.15) is 0 Å². The van der Waals surface area contributed by atoms with Gasteiger partial charge in [0.25, 0.3) is 5.56 Å². The van der Waals surface area contributed by atoms with Crippen LogP contribution in [-0.4, -0.2) is 54.0 Å². The highest BCUT2D eigenvalue weighted by molar-refractivity contribution is 6.31. The van der Waals surface area contributed by atoms with Crippen LogP contribution in [-0.2, 0) is 6.54 Å². The van der Waals surface area contributed by atoms with E-state index in [1.165, 1.54) is 15.8 Å². The van der Waals surface area contributed by atoms with E-state index in [1.54, 1.807) is 10.6 Å². The Labute approximate surface area is 165 Å². The highest BCUT2D eigenvalue weighted by Gasteiger charge is 2.34. The van der Waals surface area contributed by atoms with Crippen LogP contribution in [0.25, 0.3) is 16.7 Å². The van der Waals surface area contributed by atoms with Crippen LogP contribution < -0.4 is 5.56 Å². The van der Waals surface area contributed by atoms with Crippen molar-refractivity contribution in [2.24, 2.45) is 0 Å². The first kappa shape index (κ1) is 18.5. The van der Waals surface area contributed by atoms with Crippen molar-refractivity contribution in [3.63, 3.8) is 0 Å². The number of halogens is 1. The lowest BCUT2D eigenvalue weighted by Gasteiger charge is -2.37. The van der Waals surface area contributed by atoms with Crippen molar-refractivity contribution in [1.82, 2.24) is 19.0 Å². The summed E-state index contributed by atoms with van der Waals surface area (Å²) in [4.78, 5) is 29.7. The second-order valence-electron chi connectivity index (χ2n) is 7.05. The molecule has 1 amide bonds. The lowest BCUT2D eigenvalue weighted by Crippen LogP contribution is -2.49. The number of likely N-dealkylation sites (tertiary alicyclic amines) is 1. The maximum Gasteiger partial charge on any atom is 0.407 e. The highest BCUT2D eigenvalue weighted by Crippen LogP contribution is 2.26. The quantitative estimate of drug-likeness (QED) is 0.700. The number of rotatable bonds is 3. The third-order valence-corrected chi connectivity index (χ3v) is 5.46. The zero-order valence-corrected chi connectivity index (χ0v) is 15.7. The Bertz CT molecular complexity index is 1080. The predicted octanol–water partition coefficient (Wildman–Crippen LogP) is 2.35. The van der Waals surface area contributed by atoms with E-state index in [9.17, 15) is 14.7 Å². The van der Waals surface area contributed by atoms with Crippen LogP contribution in [0.4, 0.5) is 4.79 Å². The fourth-order valence-corrected chi connectivity index (χ4v) is 3.90. The number of hydrogen-bond acceptors (Lipinski definition) is 4. The molecule has 0 saturated carbocycles. The minimum atomic E-state index is -1.16. The molecule has 1 aliphatic heterocycles. The molecule has 1 aliphatic rings. The Balaban J connectivity index is 1.66. The second-order valence-corrected chi connectivity index (χ2v) is 7.43. The largest absolute Gasteiger partial charge is 0.465 e. The summed E-state index contributed by atoms with van der Waals surface area (Å²) in [5, 5.41) is 20.6. The van der Waals surface area contributed by atoms with Crippen molar-refractivity contribution >= 4 is 28.7 Å². The number of para-hydroxylation sites is 1. The fraction of sp³-hybridized carbons (Fsp3) is 0.316. The molecule has 0 unspecified atom stereocenters. The molecule has 1 aromatic carbocycles. The normalized spacial score (nSPS) is 16.4. The molecule has 4 rings (SSSR count). The number of fused-ring (bicyclic) bond motifs is 1. The van der Waals surface area contributed by atoms with E-state index in [0.29, 0.717) is 16.2 Å². The van der Waals surface area contributed by atoms with Crippen molar-refractivity contribution in [3.8, 4) is 5.69 Å². The van der Waals surface area contributed by atoms with E-state index in [0.717, 1.165) is 5.69 Å². The molecule has 3 aromatic rings. The molecule has 0 atom stereocenters. The average molecular weight is 403 g/mol. The van der Waals surface area contributed by atoms with Gasteiger partial charge in [-0.05, 0) is 31.0 Å². The third kappa shape index (κ3) is 3.25. The number of aromatic nitrogens is 3. The summed E-state index contributed by atoms with van der Waals surface area (Å²) < 4.78 is 3.06. The van der Waals surface area contributed by atoms with Crippen LogP contribution in [0.3, 0.4) is 0 Å². The molecule has 28 heavy (non-hydrogen) atoms. The summed E-state index contributed by atoms with van der Waals surface area (Å²) in [6.45, 7) is 0.509. The molecule has 9 heteroatoms. The molecule has 2 N–H and O–H groups in total. The van der Waals surface area contributed by atoms with Gasteiger partial charge in [0.2, 0.25) is 0 Å². The summed E-state index contributed by atoms with van der Waals surface area (Å²) >= 11 is 6.36. The molecule has 0 bridgehead atoms. The predicted molar refractivity (Wildman–Crippen MR) is 104 cm³/mol. The number of benzene rings is 1. The second kappa shape index (κ2) is 6.96. The van der Waals surface area contributed by atoms with Gasteiger partial charge in [0, 0.05) is 18.8 Å². The van der Waals surface area contributed by atoms with Gasteiger partial charge < -0.3 is 15.1 Å². The number of nitrogens with zero attached hydrogens (tertiary/aromatic N) is 4. The Morgan fingerprint density at radius 2 is 1.89 bits per heavy atom. The first-order valence-electron chi connectivity index (χ1n) is 8.90. The number of hydrogen-bond donors (Lipinski definition) is 2. The summed E-state index contributed by atoms with van der Waals surface area (Å²) in [7, 11) is 0. The highest BCUT2D eigenvalue weighted by atomic mass is 35.5. The molecule has 0 aliphatic carbocycles. The van der Waals surface area contributed by atoms with E-state index in [-0.39, 0.29) is 38.0 Å². The van der Waals surface area contributed by atoms with Crippen molar-refractivity contribution in [2.75, 3.05) is 13.1 Å². The SMILES string of the molecule is O=C(O)N1CCC(O)(Cn2cnc3c(cc(Cl)n3-c3ccccc3)c2=O)CC1. The van der Waals surface area contributed by atoms with Gasteiger partial charge in [0.1, 0.15) is 11.5 Å². The van der Waals surface area contributed by atoms with E-state index in [2.05, 4.69) is 4.98 Å². The van der Waals surface area contributed by atoms with Gasteiger partial charge in [-0.3, -0.25) is 13.9 Å². The van der Waals surface area contributed by atoms with Crippen LogP contribution in [0.5, 0.6) is 0 Å². The van der Waals surface area contributed by atoms with Crippen molar-refractivity contribution in [1.29, 1.82) is 0 Å². The minimum Gasteiger partial charge on any atom is -0.465 e. The first-order valence-corrected chi connectivity index (χ1v) is 9.28. The fourth-order valence-electron chi connectivity index (χ4n) is 3.61.